The maximum absolute atomic E-state index is 5.75. The van der Waals surface area contributed by atoms with Gasteiger partial charge in [0.05, 0.1) is 52.7 Å². The Labute approximate surface area is 190 Å². The summed E-state index contributed by atoms with van der Waals surface area (Å²) in [5.74, 6) is 4.13. The lowest BCUT2D eigenvalue weighted by atomic mass is 10.1. The van der Waals surface area contributed by atoms with Gasteiger partial charge in [0.2, 0.25) is 0 Å². The zero-order valence-electron chi connectivity index (χ0n) is 20.1. The van der Waals surface area contributed by atoms with Crippen molar-refractivity contribution in [1.82, 2.24) is 10.6 Å². The van der Waals surface area contributed by atoms with E-state index in [0.717, 1.165) is 22.6 Å². The van der Waals surface area contributed by atoms with E-state index in [4.69, 9.17) is 23.7 Å². The zero-order valence-corrected chi connectivity index (χ0v) is 20.1. The molecule has 0 heterocycles. The molecule has 8 nitrogen and oxygen atoms in total. The Morgan fingerprint density at radius 1 is 0.875 bits per heavy atom. The number of guanidine groups is 1. The van der Waals surface area contributed by atoms with Gasteiger partial charge in [-0.3, -0.25) is 4.99 Å². The lowest BCUT2D eigenvalue weighted by Crippen LogP contribution is -2.38. The number of nitrogens with one attached hydrogen (secondary N) is 2. The smallest absolute Gasteiger partial charge is 0.191 e. The predicted molar refractivity (Wildman–Crippen MR) is 127 cm³/mol. The van der Waals surface area contributed by atoms with Crippen LogP contribution in [0.4, 0.5) is 0 Å². The fourth-order valence-corrected chi connectivity index (χ4v) is 3.24. The van der Waals surface area contributed by atoms with Gasteiger partial charge >= 0.3 is 0 Å². The molecule has 0 aromatic heterocycles. The largest absolute Gasteiger partial charge is 0.496 e. The first-order chi connectivity index (χ1) is 15.5. The molecule has 176 valence electrons. The first-order valence-corrected chi connectivity index (χ1v) is 10.7. The molecule has 1 unspecified atom stereocenters. The third kappa shape index (κ3) is 6.35. The summed E-state index contributed by atoms with van der Waals surface area (Å²) in [4.78, 5) is 4.35. The van der Waals surface area contributed by atoms with E-state index in [1.807, 2.05) is 44.2 Å². The molecule has 0 spiro atoms. The maximum atomic E-state index is 5.75. The molecule has 2 aromatic rings. The van der Waals surface area contributed by atoms with E-state index in [9.17, 15) is 0 Å². The van der Waals surface area contributed by atoms with Crippen molar-refractivity contribution in [1.29, 1.82) is 0 Å². The highest BCUT2D eigenvalue weighted by atomic mass is 16.5. The molecule has 2 aromatic carbocycles. The van der Waals surface area contributed by atoms with E-state index in [2.05, 4.69) is 22.5 Å². The number of benzene rings is 2. The lowest BCUT2D eigenvalue weighted by molar-refractivity contribution is 0.287. The number of nitrogens with zero attached hydrogens (tertiary/aromatic N) is 1. The van der Waals surface area contributed by atoms with Crippen molar-refractivity contribution in [2.24, 2.45) is 4.99 Å². The van der Waals surface area contributed by atoms with Crippen molar-refractivity contribution < 1.29 is 23.7 Å². The van der Waals surface area contributed by atoms with Crippen LogP contribution in [0, 0.1) is 0 Å². The first-order valence-electron chi connectivity index (χ1n) is 10.7. The van der Waals surface area contributed by atoms with E-state index in [1.165, 1.54) is 0 Å². The third-order valence-corrected chi connectivity index (χ3v) is 4.89. The minimum atomic E-state index is -0.0178. The Bertz CT molecular complexity index is 876. The molecule has 0 bridgehead atoms. The van der Waals surface area contributed by atoms with Crippen LogP contribution in [0.2, 0.25) is 0 Å². The summed E-state index contributed by atoms with van der Waals surface area (Å²) >= 11 is 0. The van der Waals surface area contributed by atoms with E-state index < -0.39 is 0 Å². The van der Waals surface area contributed by atoms with Crippen molar-refractivity contribution >= 4 is 5.96 Å². The lowest BCUT2D eigenvalue weighted by Gasteiger charge is -2.21. The van der Waals surface area contributed by atoms with Crippen molar-refractivity contribution in [3.8, 4) is 28.7 Å². The minimum absolute atomic E-state index is 0.0178. The van der Waals surface area contributed by atoms with Gasteiger partial charge in [-0.25, -0.2) is 0 Å². The highest BCUT2D eigenvalue weighted by Crippen LogP contribution is 2.34. The molecule has 2 rings (SSSR count). The minimum Gasteiger partial charge on any atom is -0.496 e. The van der Waals surface area contributed by atoms with Crippen LogP contribution in [0.5, 0.6) is 28.7 Å². The first kappa shape index (κ1) is 25.0. The summed E-state index contributed by atoms with van der Waals surface area (Å²) < 4.78 is 27.8. The Hall–Kier alpha value is -3.29. The van der Waals surface area contributed by atoms with Gasteiger partial charge in [-0.15, -0.1) is 0 Å². The average molecular weight is 446 g/mol. The van der Waals surface area contributed by atoms with Crippen LogP contribution >= 0.6 is 0 Å². The summed E-state index contributed by atoms with van der Waals surface area (Å²) in [6.07, 6.45) is 0. The van der Waals surface area contributed by atoms with Crippen molar-refractivity contribution in [2.45, 2.75) is 33.4 Å². The summed E-state index contributed by atoms with van der Waals surface area (Å²) in [5.41, 5.74) is 1.92. The second kappa shape index (κ2) is 12.5. The summed E-state index contributed by atoms with van der Waals surface area (Å²) in [6.45, 7) is 7.58. The number of aliphatic imine (C=N–C) groups is 1. The molecule has 0 aliphatic rings. The van der Waals surface area contributed by atoms with Crippen LogP contribution in [0.15, 0.2) is 35.3 Å². The number of methoxy groups -OCH3 is 3. The number of hydrogen-bond acceptors (Lipinski definition) is 6. The van der Waals surface area contributed by atoms with Crippen LogP contribution in [-0.2, 0) is 6.54 Å². The fourth-order valence-electron chi connectivity index (χ4n) is 3.24. The zero-order chi connectivity index (χ0) is 23.5. The van der Waals surface area contributed by atoms with Crippen LogP contribution in [0.3, 0.4) is 0 Å². The molecule has 0 amide bonds. The Kier molecular flexibility index (Phi) is 9.78. The standard InChI is InChI=1S/C24H35N3O5/c1-8-31-20-11-10-17(12-23(20)32-9-2)16(3)27-24(25-4)26-15-19-21(29-6)13-18(28-5)14-22(19)30-7/h10-14,16H,8-9,15H2,1-7H3,(H2,25,26,27). The molecular formula is C24H35N3O5. The predicted octanol–water partition coefficient (Wildman–Crippen LogP) is 3.94. The fraction of sp³-hybridized carbons (Fsp3) is 0.458. The van der Waals surface area contributed by atoms with Crippen molar-refractivity contribution in [3.63, 3.8) is 0 Å². The van der Waals surface area contributed by atoms with Gasteiger partial charge < -0.3 is 34.3 Å². The Balaban J connectivity index is 2.14. The monoisotopic (exact) mass is 445 g/mol. The second-order valence-electron chi connectivity index (χ2n) is 6.87. The normalized spacial score (nSPS) is 12.0. The number of ether oxygens (including phenoxy) is 5. The number of hydrogen-bond donors (Lipinski definition) is 2. The van der Waals surface area contributed by atoms with Gasteiger partial charge in [-0.1, -0.05) is 6.07 Å². The van der Waals surface area contributed by atoms with Gasteiger partial charge in [-0.2, -0.15) is 0 Å². The summed E-state index contributed by atoms with van der Waals surface area (Å²) in [5, 5.41) is 6.73. The molecular weight excluding hydrogens is 410 g/mol. The molecule has 8 heteroatoms. The van der Waals surface area contributed by atoms with Gasteiger partial charge in [0.1, 0.15) is 17.2 Å². The molecule has 0 fully saturated rings. The summed E-state index contributed by atoms with van der Waals surface area (Å²) in [7, 11) is 6.58. The van der Waals surface area contributed by atoms with Crippen LogP contribution in [-0.4, -0.2) is 47.6 Å². The molecule has 0 saturated carbocycles. The Morgan fingerprint density at radius 2 is 1.50 bits per heavy atom. The number of rotatable bonds is 11. The Morgan fingerprint density at radius 3 is 2.03 bits per heavy atom. The highest BCUT2D eigenvalue weighted by Gasteiger charge is 2.16. The average Bonchev–Trinajstić information content (AvgIpc) is 2.82. The van der Waals surface area contributed by atoms with E-state index >= 15 is 0 Å². The van der Waals surface area contributed by atoms with Crippen LogP contribution in [0.25, 0.3) is 0 Å². The second-order valence-corrected chi connectivity index (χ2v) is 6.87. The van der Waals surface area contributed by atoms with E-state index in [1.54, 1.807) is 28.4 Å². The molecule has 32 heavy (non-hydrogen) atoms. The van der Waals surface area contributed by atoms with E-state index in [0.29, 0.717) is 43.0 Å². The van der Waals surface area contributed by atoms with Crippen LogP contribution < -0.4 is 34.3 Å². The van der Waals surface area contributed by atoms with Gasteiger partial charge in [-0.05, 0) is 38.5 Å². The molecule has 0 aliphatic carbocycles. The molecule has 2 N–H and O–H groups in total. The maximum Gasteiger partial charge on any atom is 0.191 e. The summed E-state index contributed by atoms with van der Waals surface area (Å²) in [6, 6.07) is 9.59. The van der Waals surface area contributed by atoms with Crippen molar-refractivity contribution in [2.75, 3.05) is 41.6 Å². The molecule has 0 radical (unpaired) electrons. The topological polar surface area (TPSA) is 82.6 Å². The molecule has 0 saturated heterocycles. The quantitative estimate of drug-likeness (QED) is 0.400. The van der Waals surface area contributed by atoms with Crippen LogP contribution in [0.1, 0.15) is 37.9 Å². The third-order valence-electron chi connectivity index (χ3n) is 4.89. The molecule has 0 aliphatic heterocycles. The van der Waals surface area contributed by atoms with E-state index in [-0.39, 0.29) is 6.04 Å². The van der Waals surface area contributed by atoms with Crippen molar-refractivity contribution in [3.05, 3.63) is 41.5 Å². The SMILES string of the molecule is CCOc1ccc(C(C)NC(=NC)NCc2c(OC)cc(OC)cc2OC)cc1OCC. The van der Waals surface area contributed by atoms with Gasteiger partial charge in [0.15, 0.2) is 17.5 Å². The van der Waals surface area contributed by atoms with Gasteiger partial charge in [0, 0.05) is 19.2 Å². The molecule has 1 atom stereocenters. The van der Waals surface area contributed by atoms with Gasteiger partial charge in [0.25, 0.3) is 0 Å². The highest BCUT2D eigenvalue weighted by molar-refractivity contribution is 5.80.